The van der Waals surface area contributed by atoms with Gasteiger partial charge in [0, 0.05) is 35.8 Å². The number of carbonyl (C=O) groups is 2. The number of carbonyl (C=O) groups excluding carboxylic acids is 2. The Bertz CT molecular complexity index is 1530. The summed E-state index contributed by atoms with van der Waals surface area (Å²) in [4.78, 5) is 31.6. The quantitative estimate of drug-likeness (QED) is 0.167. The Labute approximate surface area is 233 Å². The first kappa shape index (κ1) is 27.3. The molecule has 0 unspecified atom stereocenters. The number of ketones is 2. The van der Waals surface area contributed by atoms with Gasteiger partial charge in [-0.25, -0.2) is 0 Å². The summed E-state index contributed by atoms with van der Waals surface area (Å²) < 4.78 is 1.82. The Morgan fingerprint density at radius 1 is 1.08 bits per heavy atom. The van der Waals surface area contributed by atoms with Crippen LogP contribution in [0.25, 0.3) is 10.4 Å². The topological polar surface area (TPSA) is 84.5 Å². The number of halogens is 2. The monoisotopic (exact) mass is 573 g/mol. The highest BCUT2D eigenvalue weighted by molar-refractivity contribution is 7.16. The molecule has 0 saturated heterocycles. The van der Waals surface area contributed by atoms with Gasteiger partial charge in [0.25, 0.3) is 0 Å². The van der Waals surface area contributed by atoms with Crippen LogP contribution in [-0.4, -0.2) is 38.7 Å². The van der Waals surface area contributed by atoms with E-state index in [0.717, 1.165) is 22.5 Å². The Morgan fingerprint density at radius 3 is 2.43 bits per heavy atom. The molecule has 10 heteroatoms. The van der Waals surface area contributed by atoms with Crippen LogP contribution in [0.3, 0.4) is 0 Å². The lowest BCUT2D eigenvalue weighted by atomic mass is 10.1. The summed E-state index contributed by atoms with van der Waals surface area (Å²) in [5.41, 5.74) is 4.93. The van der Waals surface area contributed by atoms with Crippen molar-refractivity contribution in [2.75, 3.05) is 6.54 Å². The van der Waals surface area contributed by atoms with Gasteiger partial charge in [-0.15, -0.1) is 22.7 Å². The molecule has 4 aromatic rings. The van der Waals surface area contributed by atoms with Crippen LogP contribution in [0.4, 0.5) is 0 Å². The Balaban J connectivity index is 1.40. The van der Waals surface area contributed by atoms with Gasteiger partial charge >= 0.3 is 0 Å². The molecule has 0 fully saturated rings. The van der Waals surface area contributed by atoms with E-state index in [-0.39, 0.29) is 23.9 Å². The molecule has 0 amide bonds. The summed E-state index contributed by atoms with van der Waals surface area (Å²) in [5.74, 6) is -0.0913. The van der Waals surface area contributed by atoms with Gasteiger partial charge in [-0.1, -0.05) is 29.3 Å². The molecular weight excluding hydrogens is 549 g/mol. The predicted molar refractivity (Wildman–Crippen MR) is 153 cm³/mol. The van der Waals surface area contributed by atoms with Gasteiger partial charge in [0.2, 0.25) is 0 Å². The highest BCUT2D eigenvalue weighted by Gasteiger charge is 2.18. The third-order valence-corrected chi connectivity index (χ3v) is 9.14. The summed E-state index contributed by atoms with van der Waals surface area (Å²) in [5, 5.41) is 17.8. The second-order valence-corrected chi connectivity index (χ2v) is 11.4. The van der Waals surface area contributed by atoms with E-state index in [0.29, 0.717) is 48.8 Å². The van der Waals surface area contributed by atoms with Crippen molar-refractivity contribution in [2.45, 2.75) is 33.6 Å². The lowest BCUT2D eigenvalue weighted by molar-refractivity contribution is 0.0984. The normalized spacial score (nSPS) is 11.8. The van der Waals surface area contributed by atoms with Gasteiger partial charge in [-0.2, -0.15) is 5.10 Å². The van der Waals surface area contributed by atoms with Crippen LogP contribution in [0.1, 0.15) is 55.2 Å². The van der Waals surface area contributed by atoms with Crippen molar-refractivity contribution >= 4 is 63.2 Å². The Kier molecular flexibility index (Phi) is 8.33. The van der Waals surface area contributed by atoms with Crippen molar-refractivity contribution in [3.8, 4) is 16.2 Å². The van der Waals surface area contributed by atoms with E-state index in [1.807, 2.05) is 25.6 Å². The molecule has 1 aromatic carbocycles. The maximum atomic E-state index is 12.8. The number of rotatable bonds is 9. The lowest BCUT2D eigenvalue weighted by Crippen LogP contribution is -2.04. The average molecular weight is 575 g/mol. The largest absolute Gasteiger partial charge is 0.506 e. The molecular formula is C27H25Cl2N3O3S2. The first-order valence-electron chi connectivity index (χ1n) is 11.5. The van der Waals surface area contributed by atoms with Crippen molar-refractivity contribution in [1.29, 1.82) is 0 Å². The molecule has 0 aliphatic heterocycles. The molecule has 4 rings (SSSR count). The fraction of sp³-hybridized carbons (Fsp3) is 0.259. The summed E-state index contributed by atoms with van der Waals surface area (Å²) in [7, 11) is 1.89. The second-order valence-electron chi connectivity index (χ2n) is 8.64. The maximum absolute atomic E-state index is 12.8. The van der Waals surface area contributed by atoms with E-state index in [1.165, 1.54) is 22.7 Å². The maximum Gasteiger partial charge on any atom is 0.194 e. The van der Waals surface area contributed by atoms with Gasteiger partial charge in [-0.3, -0.25) is 19.3 Å². The zero-order valence-electron chi connectivity index (χ0n) is 20.8. The highest BCUT2D eigenvalue weighted by atomic mass is 35.5. The Morgan fingerprint density at radius 2 is 1.78 bits per heavy atom. The number of aromatic nitrogens is 2. The van der Waals surface area contributed by atoms with Gasteiger partial charge in [0.1, 0.15) is 12.3 Å². The minimum Gasteiger partial charge on any atom is -0.506 e. The molecule has 0 saturated carbocycles. The molecule has 3 aromatic heterocycles. The van der Waals surface area contributed by atoms with Crippen LogP contribution in [0.15, 0.2) is 40.7 Å². The van der Waals surface area contributed by atoms with Crippen molar-refractivity contribution in [3.63, 3.8) is 0 Å². The number of aryl methyl sites for hydroxylation is 2. The first-order chi connectivity index (χ1) is 17.6. The predicted octanol–water partition coefficient (Wildman–Crippen LogP) is 7.35. The zero-order valence-corrected chi connectivity index (χ0v) is 23.9. The summed E-state index contributed by atoms with van der Waals surface area (Å²) in [6, 6.07) is 8.54. The number of benzene rings is 1. The van der Waals surface area contributed by atoms with Crippen molar-refractivity contribution in [3.05, 3.63) is 78.0 Å². The molecule has 6 nitrogen and oxygen atoms in total. The molecule has 1 N–H and O–H groups in total. The molecule has 0 radical (unpaired) electrons. The van der Waals surface area contributed by atoms with E-state index >= 15 is 0 Å². The summed E-state index contributed by atoms with van der Waals surface area (Å²) in [6.45, 7) is 5.61. The van der Waals surface area contributed by atoms with Crippen LogP contribution in [0, 0.1) is 13.8 Å². The number of aromatic hydroxyl groups is 1. The van der Waals surface area contributed by atoms with E-state index in [2.05, 4.69) is 10.1 Å². The smallest absolute Gasteiger partial charge is 0.194 e. The SMILES string of the molecule is CC(=NCC(=O)c1ccc(C(=O)CCc2c(C)nn(C)c2C)s1)c1csc(-c2ccc(Cl)c(Cl)c2)c1O. The standard InChI is InChI=1S/C27H25Cl2N3O3S2/c1-14(19-13-36-27(26(19)35)17-5-7-20(28)21(29)11-17)30-12-23(34)25-10-9-24(37-25)22(33)8-6-18-15(2)31-32(4)16(18)3/h5,7,9-11,13,35H,6,8,12H2,1-4H3. The molecule has 0 aliphatic rings. The fourth-order valence-corrected chi connectivity index (χ4v) is 6.19. The molecule has 0 atom stereocenters. The van der Waals surface area contributed by atoms with E-state index in [9.17, 15) is 14.7 Å². The van der Waals surface area contributed by atoms with Gasteiger partial charge in [0.15, 0.2) is 11.6 Å². The number of thiophene rings is 2. The molecule has 3 heterocycles. The van der Waals surface area contributed by atoms with Gasteiger partial charge < -0.3 is 5.11 Å². The second kappa shape index (κ2) is 11.3. The third-order valence-electron chi connectivity index (χ3n) is 6.21. The molecule has 0 bridgehead atoms. The van der Waals surface area contributed by atoms with Crippen LogP contribution in [-0.2, 0) is 13.5 Å². The van der Waals surface area contributed by atoms with E-state index in [1.54, 1.807) is 42.6 Å². The lowest BCUT2D eigenvalue weighted by Gasteiger charge is -2.03. The highest BCUT2D eigenvalue weighted by Crippen LogP contribution is 2.40. The number of hydrogen-bond acceptors (Lipinski definition) is 7. The van der Waals surface area contributed by atoms with Crippen molar-refractivity contribution in [1.82, 2.24) is 9.78 Å². The summed E-state index contributed by atoms with van der Waals surface area (Å²) in [6.07, 6.45) is 0.973. The number of aliphatic imine (C=N–C) groups is 1. The van der Waals surface area contributed by atoms with Gasteiger partial charge in [-0.05, 0) is 62.6 Å². The number of Topliss-reactive ketones (excluding diaryl/α,β-unsaturated/α-hetero) is 2. The van der Waals surface area contributed by atoms with E-state index < -0.39 is 0 Å². The third kappa shape index (κ3) is 5.88. The molecule has 0 spiro atoms. The first-order valence-corrected chi connectivity index (χ1v) is 13.9. The van der Waals surface area contributed by atoms with E-state index in [4.69, 9.17) is 23.2 Å². The fourth-order valence-electron chi connectivity index (χ4n) is 3.98. The number of nitrogens with zero attached hydrogens (tertiary/aromatic N) is 3. The minimum atomic E-state index is -0.179. The van der Waals surface area contributed by atoms with Crippen LogP contribution < -0.4 is 0 Å². The molecule has 0 aliphatic carbocycles. The van der Waals surface area contributed by atoms with Crippen LogP contribution in [0.2, 0.25) is 10.0 Å². The van der Waals surface area contributed by atoms with Crippen molar-refractivity contribution in [2.24, 2.45) is 12.0 Å². The van der Waals surface area contributed by atoms with Gasteiger partial charge in [0.05, 0.1) is 30.4 Å². The average Bonchev–Trinajstić information content (AvgIpc) is 3.56. The van der Waals surface area contributed by atoms with Crippen LogP contribution >= 0.6 is 45.9 Å². The Hall–Kier alpha value is -2.78. The zero-order chi connectivity index (χ0) is 26.9. The number of hydrogen-bond donors (Lipinski definition) is 1. The van der Waals surface area contributed by atoms with Crippen LogP contribution in [0.5, 0.6) is 5.75 Å². The van der Waals surface area contributed by atoms with Crippen molar-refractivity contribution < 1.29 is 14.7 Å². The molecule has 192 valence electrons. The summed E-state index contributed by atoms with van der Waals surface area (Å²) >= 11 is 14.7. The minimum absolute atomic E-state index is 0.00409. The molecule has 37 heavy (non-hydrogen) atoms.